The molecule has 0 radical (unpaired) electrons. The van der Waals surface area contributed by atoms with Crippen molar-refractivity contribution in [2.24, 2.45) is 11.1 Å². The van der Waals surface area contributed by atoms with Gasteiger partial charge in [-0.3, -0.25) is 4.79 Å². The second kappa shape index (κ2) is 4.49. The molecule has 0 saturated carbocycles. The third kappa shape index (κ3) is 2.92. The molecule has 0 aromatic carbocycles. The van der Waals surface area contributed by atoms with Gasteiger partial charge in [-0.15, -0.1) is 0 Å². The second-order valence-electron chi connectivity index (χ2n) is 5.30. The largest absolute Gasteiger partial charge is 0.377 e. The Bertz CT molecular complexity index is 235. The van der Waals surface area contributed by atoms with Crippen LogP contribution in [0.15, 0.2) is 0 Å². The first-order valence-corrected chi connectivity index (χ1v) is 5.48. The predicted octanol–water partition coefficient (Wildman–Crippen LogP) is 0.607. The first-order chi connectivity index (χ1) is 6.84. The Labute approximate surface area is 91.8 Å². The van der Waals surface area contributed by atoms with Gasteiger partial charge in [0.05, 0.1) is 25.3 Å². The predicted molar refractivity (Wildman–Crippen MR) is 59.4 cm³/mol. The van der Waals surface area contributed by atoms with Gasteiger partial charge in [-0.25, -0.2) is 0 Å². The van der Waals surface area contributed by atoms with E-state index in [4.69, 9.17) is 10.5 Å². The van der Waals surface area contributed by atoms with Crippen LogP contribution in [-0.2, 0) is 9.53 Å². The Kier molecular flexibility index (Phi) is 3.73. The minimum atomic E-state index is -0.432. The van der Waals surface area contributed by atoms with Crippen molar-refractivity contribution in [1.29, 1.82) is 0 Å². The molecule has 0 unspecified atom stereocenters. The van der Waals surface area contributed by atoms with E-state index in [0.717, 1.165) is 0 Å². The summed E-state index contributed by atoms with van der Waals surface area (Å²) in [6.45, 7) is 9.84. The van der Waals surface area contributed by atoms with Crippen LogP contribution >= 0.6 is 0 Å². The molecule has 4 heteroatoms. The van der Waals surface area contributed by atoms with Crippen molar-refractivity contribution in [2.45, 2.75) is 39.8 Å². The number of hydrogen-bond acceptors (Lipinski definition) is 3. The van der Waals surface area contributed by atoms with E-state index in [1.807, 2.05) is 32.6 Å². The Morgan fingerprint density at radius 3 is 2.60 bits per heavy atom. The number of carbonyl (C=O) groups is 1. The SMILES string of the molecule is C[C@@H]1COCCN1C(=O)[C@H](N)C(C)(C)C. The lowest BCUT2D eigenvalue weighted by atomic mass is 9.86. The topological polar surface area (TPSA) is 55.6 Å². The quantitative estimate of drug-likeness (QED) is 0.695. The highest BCUT2D eigenvalue weighted by Gasteiger charge is 2.34. The zero-order valence-corrected chi connectivity index (χ0v) is 10.1. The molecule has 15 heavy (non-hydrogen) atoms. The molecule has 1 fully saturated rings. The fraction of sp³-hybridized carbons (Fsp3) is 0.909. The number of carbonyl (C=O) groups excluding carboxylic acids is 1. The molecule has 1 rings (SSSR count). The summed E-state index contributed by atoms with van der Waals surface area (Å²) < 4.78 is 5.29. The number of morpholine rings is 1. The summed E-state index contributed by atoms with van der Waals surface area (Å²) in [6, 6.07) is -0.294. The summed E-state index contributed by atoms with van der Waals surface area (Å²) >= 11 is 0. The van der Waals surface area contributed by atoms with Crippen molar-refractivity contribution >= 4 is 5.91 Å². The van der Waals surface area contributed by atoms with E-state index in [1.165, 1.54) is 0 Å². The van der Waals surface area contributed by atoms with E-state index in [0.29, 0.717) is 19.8 Å². The number of ether oxygens (including phenoxy) is 1. The highest BCUT2D eigenvalue weighted by Crippen LogP contribution is 2.20. The van der Waals surface area contributed by atoms with Gasteiger partial charge in [0, 0.05) is 6.54 Å². The van der Waals surface area contributed by atoms with Crippen molar-refractivity contribution < 1.29 is 9.53 Å². The lowest BCUT2D eigenvalue weighted by Gasteiger charge is -2.38. The van der Waals surface area contributed by atoms with Crippen LogP contribution in [0.2, 0.25) is 0 Å². The fourth-order valence-electron chi connectivity index (χ4n) is 1.60. The molecule has 4 nitrogen and oxygen atoms in total. The van der Waals surface area contributed by atoms with Gasteiger partial charge >= 0.3 is 0 Å². The van der Waals surface area contributed by atoms with Crippen LogP contribution in [0.5, 0.6) is 0 Å². The molecule has 0 aromatic rings. The van der Waals surface area contributed by atoms with Gasteiger partial charge in [0.15, 0.2) is 0 Å². The third-order valence-electron chi connectivity index (χ3n) is 2.85. The van der Waals surface area contributed by atoms with Crippen molar-refractivity contribution in [3.05, 3.63) is 0 Å². The fourth-order valence-corrected chi connectivity index (χ4v) is 1.60. The van der Waals surface area contributed by atoms with E-state index in [-0.39, 0.29) is 17.4 Å². The van der Waals surface area contributed by atoms with Crippen molar-refractivity contribution in [1.82, 2.24) is 4.90 Å². The highest BCUT2D eigenvalue weighted by molar-refractivity contribution is 5.82. The summed E-state index contributed by atoms with van der Waals surface area (Å²) in [5.74, 6) is 0.0401. The average Bonchev–Trinajstić information content (AvgIpc) is 2.15. The molecular weight excluding hydrogens is 192 g/mol. The zero-order valence-electron chi connectivity index (χ0n) is 10.1. The van der Waals surface area contributed by atoms with E-state index >= 15 is 0 Å². The van der Waals surface area contributed by atoms with E-state index in [1.54, 1.807) is 0 Å². The minimum absolute atomic E-state index is 0.0401. The molecule has 1 heterocycles. The number of nitrogens with two attached hydrogens (primary N) is 1. The molecule has 1 aliphatic rings. The van der Waals surface area contributed by atoms with Crippen molar-refractivity contribution in [3.8, 4) is 0 Å². The number of hydrogen-bond donors (Lipinski definition) is 1. The number of nitrogens with zero attached hydrogens (tertiary/aromatic N) is 1. The molecule has 1 saturated heterocycles. The van der Waals surface area contributed by atoms with Crippen LogP contribution < -0.4 is 5.73 Å². The second-order valence-corrected chi connectivity index (χ2v) is 5.30. The average molecular weight is 214 g/mol. The maximum atomic E-state index is 12.1. The van der Waals surface area contributed by atoms with Gasteiger partial charge in [0.25, 0.3) is 0 Å². The lowest BCUT2D eigenvalue weighted by molar-refractivity contribution is -0.142. The van der Waals surface area contributed by atoms with Crippen LogP contribution in [0.4, 0.5) is 0 Å². The molecule has 2 N–H and O–H groups in total. The first kappa shape index (κ1) is 12.5. The van der Waals surface area contributed by atoms with Gasteiger partial charge in [-0.1, -0.05) is 20.8 Å². The normalized spacial score (nSPS) is 25.1. The van der Waals surface area contributed by atoms with Crippen LogP contribution in [0, 0.1) is 5.41 Å². The van der Waals surface area contributed by atoms with Gasteiger partial charge in [-0.05, 0) is 12.3 Å². The Hall–Kier alpha value is -0.610. The van der Waals surface area contributed by atoms with Gasteiger partial charge in [0.2, 0.25) is 5.91 Å². The smallest absolute Gasteiger partial charge is 0.240 e. The summed E-state index contributed by atoms with van der Waals surface area (Å²) in [7, 11) is 0. The summed E-state index contributed by atoms with van der Waals surface area (Å²) in [5.41, 5.74) is 5.77. The Morgan fingerprint density at radius 1 is 1.53 bits per heavy atom. The third-order valence-corrected chi connectivity index (χ3v) is 2.85. The molecular formula is C11H22N2O2. The highest BCUT2D eigenvalue weighted by atomic mass is 16.5. The van der Waals surface area contributed by atoms with Crippen LogP contribution in [0.25, 0.3) is 0 Å². The maximum Gasteiger partial charge on any atom is 0.240 e. The Balaban J connectivity index is 2.66. The monoisotopic (exact) mass is 214 g/mol. The number of rotatable bonds is 1. The zero-order chi connectivity index (χ0) is 11.6. The van der Waals surface area contributed by atoms with E-state index in [9.17, 15) is 4.79 Å². The molecule has 0 bridgehead atoms. The molecule has 1 amide bonds. The first-order valence-electron chi connectivity index (χ1n) is 5.48. The summed E-state index contributed by atoms with van der Waals surface area (Å²) in [6.07, 6.45) is 0. The molecule has 0 aliphatic carbocycles. The molecule has 0 aromatic heterocycles. The molecule has 88 valence electrons. The lowest BCUT2D eigenvalue weighted by Crippen LogP contribution is -2.56. The standard InChI is InChI=1S/C11H22N2O2/c1-8-7-15-6-5-13(8)10(14)9(12)11(2,3)4/h8-9H,5-7,12H2,1-4H3/t8-,9+/m1/s1. The molecule has 1 aliphatic heterocycles. The van der Waals surface area contributed by atoms with Crippen molar-refractivity contribution in [3.63, 3.8) is 0 Å². The molecule has 2 atom stereocenters. The number of amides is 1. The molecule has 0 spiro atoms. The Morgan fingerprint density at radius 2 is 2.13 bits per heavy atom. The van der Waals surface area contributed by atoms with Gasteiger partial charge < -0.3 is 15.4 Å². The maximum absolute atomic E-state index is 12.1. The summed E-state index contributed by atoms with van der Waals surface area (Å²) in [5, 5.41) is 0. The van der Waals surface area contributed by atoms with Gasteiger partial charge in [0.1, 0.15) is 0 Å². The van der Waals surface area contributed by atoms with E-state index < -0.39 is 6.04 Å². The summed E-state index contributed by atoms with van der Waals surface area (Å²) in [4.78, 5) is 13.9. The van der Waals surface area contributed by atoms with Crippen LogP contribution in [0.3, 0.4) is 0 Å². The van der Waals surface area contributed by atoms with Crippen LogP contribution in [-0.4, -0.2) is 42.6 Å². The van der Waals surface area contributed by atoms with Gasteiger partial charge in [-0.2, -0.15) is 0 Å². The minimum Gasteiger partial charge on any atom is -0.377 e. The van der Waals surface area contributed by atoms with Crippen LogP contribution in [0.1, 0.15) is 27.7 Å². The van der Waals surface area contributed by atoms with Crippen molar-refractivity contribution in [2.75, 3.05) is 19.8 Å². The van der Waals surface area contributed by atoms with E-state index in [2.05, 4.69) is 0 Å².